The summed E-state index contributed by atoms with van der Waals surface area (Å²) in [5.41, 5.74) is 14.4. The van der Waals surface area contributed by atoms with Crippen molar-refractivity contribution in [3.05, 3.63) is 248 Å². The maximum atomic E-state index is 2.54. The number of benzene rings is 10. The van der Waals surface area contributed by atoms with Crippen molar-refractivity contribution < 1.29 is 0 Å². The third-order valence-electron chi connectivity index (χ3n) is 13.0. The Morgan fingerprint density at radius 2 is 0.984 bits per heavy atom. The molecule has 1 aliphatic carbocycles. The molecule has 12 rings (SSSR count). The summed E-state index contributed by atoms with van der Waals surface area (Å²) in [6.07, 6.45) is 9.09. The van der Waals surface area contributed by atoms with Gasteiger partial charge in [-0.05, 0) is 109 Å². The van der Waals surface area contributed by atoms with Crippen LogP contribution in [0.3, 0.4) is 0 Å². The zero-order chi connectivity index (χ0) is 41.0. The Morgan fingerprint density at radius 3 is 1.87 bits per heavy atom. The van der Waals surface area contributed by atoms with E-state index >= 15 is 0 Å². The average molecular weight is 791 g/mol. The predicted molar refractivity (Wildman–Crippen MR) is 263 cm³/mol. The minimum atomic E-state index is 0.230. The Kier molecular flexibility index (Phi) is 8.67. The van der Waals surface area contributed by atoms with E-state index < -0.39 is 0 Å². The van der Waals surface area contributed by atoms with Crippen molar-refractivity contribution in [2.24, 2.45) is 0 Å². The van der Waals surface area contributed by atoms with Gasteiger partial charge in [0, 0.05) is 39.6 Å². The molecule has 0 amide bonds. The van der Waals surface area contributed by atoms with Gasteiger partial charge in [-0.25, -0.2) is 0 Å². The van der Waals surface area contributed by atoms with E-state index in [4.69, 9.17) is 0 Å². The molecule has 2 heteroatoms. The number of fused-ring (bicyclic) bond motifs is 6. The molecule has 1 heterocycles. The number of para-hydroxylation sites is 2. The molecule has 10 aromatic carbocycles. The molecule has 292 valence electrons. The van der Waals surface area contributed by atoms with Gasteiger partial charge < -0.3 is 9.80 Å². The van der Waals surface area contributed by atoms with Crippen LogP contribution in [0.1, 0.15) is 11.5 Å². The summed E-state index contributed by atoms with van der Waals surface area (Å²) in [4.78, 5) is 4.98. The van der Waals surface area contributed by atoms with Crippen LogP contribution in [0.4, 0.5) is 28.4 Å². The fourth-order valence-corrected chi connectivity index (χ4v) is 10.1. The van der Waals surface area contributed by atoms with Crippen LogP contribution < -0.4 is 9.80 Å². The van der Waals surface area contributed by atoms with Crippen molar-refractivity contribution >= 4 is 60.8 Å². The summed E-state index contributed by atoms with van der Waals surface area (Å²) in [6.45, 7) is 0. The van der Waals surface area contributed by atoms with E-state index in [1.54, 1.807) is 0 Å². The molecular formula is C60H42N2. The third-order valence-corrected chi connectivity index (χ3v) is 13.0. The molecule has 0 saturated carbocycles. The summed E-state index contributed by atoms with van der Waals surface area (Å²) in [5.74, 6) is 0.326. The van der Waals surface area contributed by atoms with Crippen LogP contribution in [-0.2, 0) is 0 Å². The summed E-state index contributed by atoms with van der Waals surface area (Å²) in [6, 6.07) is 80.4. The monoisotopic (exact) mass is 790 g/mol. The molecule has 2 unspecified atom stereocenters. The average Bonchev–Trinajstić information content (AvgIpc) is 3.68. The minimum absolute atomic E-state index is 0.230. The second-order valence-corrected chi connectivity index (χ2v) is 16.4. The predicted octanol–water partition coefficient (Wildman–Crippen LogP) is 16.3. The van der Waals surface area contributed by atoms with Crippen molar-refractivity contribution in [3.63, 3.8) is 0 Å². The maximum Gasteiger partial charge on any atom is 0.0629 e. The molecule has 0 saturated heterocycles. The Labute approximate surface area is 362 Å². The van der Waals surface area contributed by atoms with Gasteiger partial charge in [0.2, 0.25) is 0 Å². The number of rotatable bonds is 7. The van der Waals surface area contributed by atoms with Crippen LogP contribution in [0.15, 0.2) is 243 Å². The molecule has 0 aromatic heterocycles. The van der Waals surface area contributed by atoms with Crippen LogP contribution in [0, 0.1) is 0 Å². The van der Waals surface area contributed by atoms with Gasteiger partial charge >= 0.3 is 0 Å². The van der Waals surface area contributed by atoms with E-state index in [1.807, 2.05) is 0 Å². The Morgan fingerprint density at radius 1 is 0.355 bits per heavy atom. The summed E-state index contributed by atoms with van der Waals surface area (Å²) in [5, 5.41) is 7.39. The molecule has 10 aromatic rings. The number of anilines is 5. The van der Waals surface area contributed by atoms with Gasteiger partial charge in [0.05, 0.1) is 11.7 Å². The lowest BCUT2D eigenvalue weighted by atomic mass is 9.91. The SMILES string of the molecule is C1=CC2c3ccccc3N(c3ccccc3-c3ccc(N(c4cccc(-c5cccc6ccccc56)c4)c4ccc(-c5ccc6ccccc6c5)c5ccccc45)cc3)C2C=C1. The zero-order valence-corrected chi connectivity index (χ0v) is 34.1. The molecular weight excluding hydrogens is 749 g/mol. The zero-order valence-electron chi connectivity index (χ0n) is 34.1. The van der Waals surface area contributed by atoms with Crippen LogP contribution >= 0.6 is 0 Å². The van der Waals surface area contributed by atoms with Gasteiger partial charge in [0.15, 0.2) is 0 Å². The molecule has 0 N–H and O–H groups in total. The van der Waals surface area contributed by atoms with Crippen molar-refractivity contribution in [1.82, 2.24) is 0 Å². The smallest absolute Gasteiger partial charge is 0.0629 e. The highest BCUT2D eigenvalue weighted by molar-refractivity contribution is 6.07. The minimum Gasteiger partial charge on any atom is -0.333 e. The molecule has 0 bridgehead atoms. The number of hydrogen-bond acceptors (Lipinski definition) is 2. The van der Waals surface area contributed by atoms with Crippen molar-refractivity contribution in [2.45, 2.75) is 12.0 Å². The van der Waals surface area contributed by atoms with Crippen LogP contribution in [0.25, 0.3) is 65.7 Å². The lowest BCUT2D eigenvalue weighted by Crippen LogP contribution is -2.28. The van der Waals surface area contributed by atoms with E-state index in [1.165, 1.54) is 82.6 Å². The standard InChI is InChI=1S/C60H42N2/c1-2-17-44-39-46(32-31-41(44)15-1)51-37-38-60(54-24-6-5-23-53(51)54)61(48-20-13-19-45(40-48)50-27-14-18-42-16-3-4-21-49(42)50)47-35-33-43(34-36-47)52-22-7-10-28-57(52)62-58-29-11-8-25-55(58)56-26-9-12-30-59(56)62/h1-40,55,58H. The fourth-order valence-electron chi connectivity index (χ4n) is 10.1. The second-order valence-electron chi connectivity index (χ2n) is 16.4. The largest absolute Gasteiger partial charge is 0.333 e. The van der Waals surface area contributed by atoms with E-state index in [-0.39, 0.29) is 6.04 Å². The quantitative estimate of drug-likeness (QED) is 0.159. The first-order chi connectivity index (χ1) is 30.8. The van der Waals surface area contributed by atoms with Crippen LogP contribution in [0.2, 0.25) is 0 Å². The van der Waals surface area contributed by atoms with Gasteiger partial charge in [0.1, 0.15) is 0 Å². The molecule has 2 aliphatic rings. The van der Waals surface area contributed by atoms with E-state index in [0.717, 1.165) is 17.1 Å². The van der Waals surface area contributed by atoms with Crippen molar-refractivity contribution in [2.75, 3.05) is 9.80 Å². The van der Waals surface area contributed by atoms with Gasteiger partial charge in [-0.2, -0.15) is 0 Å². The van der Waals surface area contributed by atoms with Crippen molar-refractivity contribution in [3.8, 4) is 33.4 Å². The first-order valence-electron chi connectivity index (χ1n) is 21.6. The lowest BCUT2D eigenvalue weighted by Gasteiger charge is -2.31. The normalized spacial score (nSPS) is 15.3. The lowest BCUT2D eigenvalue weighted by molar-refractivity contribution is 0.745. The molecule has 62 heavy (non-hydrogen) atoms. The molecule has 2 atom stereocenters. The Balaban J connectivity index is 1.01. The van der Waals surface area contributed by atoms with Gasteiger partial charge in [-0.3, -0.25) is 0 Å². The third kappa shape index (κ3) is 6.03. The first kappa shape index (κ1) is 36.0. The van der Waals surface area contributed by atoms with E-state index in [0.29, 0.717) is 5.92 Å². The summed E-state index contributed by atoms with van der Waals surface area (Å²) >= 11 is 0. The van der Waals surface area contributed by atoms with Gasteiger partial charge in [-0.1, -0.05) is 194 Å². The van der Waals surface area contributed by atoms with E-state index in [9.17, 15) is 0 Å². The molecule has 2 nitrogen and oxygen atoms in total. The molecule has 0 radical (unpaired) electrons. The summed E-state index contributed by atoms with van der Waals surface area (Å²) < 4.78 is 0. The Hall–Kier alpha value is -7.94. The van der Waals surface area contributed by atoms with Gasteiger partial charge in [-0.15, -0.1) is 0 Å². The number of hydrogen-bond donors (Lipinski definition) is 0. The molecule has 0 spiro atoms. The van der Waals surface area contributed by atoms with Crippen LogP contribution in [0.5, 0.6) is 0 Å². The highest BCUT2D eigenvalue weighted by Gasteiger charge is 2.37. The van der Waals surface area contributed by atoms with Crippen molar-refractivity contribution in [1.29, 1.82) is 0 Å². The fraction of sp³-hybridized carbons (Fsp3) is 0.0333. The van der Waals surface area contributed by atoms with Gasteiger partial charge in [0.25, 0.3) is 0 Å². The Bertz CT molecular complexity index is 3390. The maximum absolute atomic E-state index is 2.54. The number of allylic oxidation sites excluding steroid dienone is 2. The van der Waals surface area contributed by atoms with Crippen LogP contribution in [-0.4, -0.2) is 6.04 Å². The highest BCUT2D eigenvalue weighted by Crippen LogP contribution is 2.50. The number of nitrogens with zero attached hydrogens (tertiary/aromatic N) is 2. The highest BCUT2D eigenvalue weighted by atomic mass is 15.2. The topological polar surface area (TPSA) is 6.48 Å². The van der Waals surface area contributed by atoms with E-state index in [2.05, 4.69) is 252 Å². The second kappa shape index (κ2) is 15.0. The molecule has 1 aliphatic heterocycles. The molecule has 0 fully saturated rings. The first-order valence-corrected chi connectivity index (χ1v) is 21.6. The summed E-state index contributed by atoms with van der Waals surface area (Å²) in [7, 11) is 0.